The quantitative estimate of drug-likeness (QED) is 0.169. The second kappa shape index (κ2) is 12.7. The third kappa shape index (κ3) is 6.58. The van der Waals surface area contributed by atoms with Crippen molar-refractivity contribution in [3.05, 3.63) is 118 Å². The summed E-state index contributed by atoms with van der Waals surface area (Å²) in [4.78, 5) is 23.0. The molecule has 0 radical (unpaired) electrons. The highest BCUT2D eigenvalue weighted by Crippen LogP contribution is 2.41. The minimum atomic E-state index is -4.79. The fourth-order valence-corrected chi connectivity index (χ4v) is 7.02. The van der Waals surface area contributed by atoms with Gasteiger partial charge in [-0.15, -0.1) is 0 Å². The van der Waals surface area contributed by atoms with E-state index in [9.17, 15) is 38.4 Å². The summed E-state index contributed by atoms with van der Waals surface area (Å²) in [6.07, 6.45) is 1.81. The molecule has 0 amide bonds. The predicted octanol–water partition coefficient (Wildman–Crippen LogP) is 5.68. The molecule has 9 heteroatoms. The van der Waals surface area contributed by atoms with Gasteiger partial charge in [0.25, 0.3) is 0 Å². The molecule has 0 atom stereocenters. The molecule has 4 aromatic rings. The predicted molar refractivity (Wildman–Crippen MR) is 153 cm³/mol. The average molecular weight is 575 g/mol. The Kier molecular flexibility index (Phi) is 9.09. The molecule has 0 aliphatic heterocycles. The van der Waals surface area contributed by atoms with E-state index in [2.05, 4.69) is 0 Å². The van der Waals surface area contributed by atoms with Gasteiger partial charge in [0.1, 0.15) is 21.3 Å². The molecular weight excluding hydrogens is 544 g/mol. The standard InChI is InChI=1S/C32H30O8S/c33-27-19-17-25(31(35)36)23(15-7-13-21-9-3-1-4-10-21)29(27)41(39,40)30-24(26(32(37)38)18-20-28(30)34)16-8-14-22-11-5-2-6-12-22/h1-6,9-12,17-20,33-34H,7-8,13-16H2,(H,35,36)(H,37,38). The summed E-state index contributed by atoms with van der Waals surface area (Å²) in [7, 11) is -4.79. The van der Waals surface area contributed by atoms with Crippen LogP contribution in [0.3, 0.4) is 0 Å². The number of sulfone groups is 1. The van der Waals surface area contributed by atoms with Gasteiger partial charge < -0.3 is 20.4 Å². The summed E-state index contributed by atoms with van der Waals surface area (Å²) >= 11 is 0. The maximum Gasteiger partial charge on any atom is 0.336 e. The molecule has 8 nitrogen and oxygen atoms in total. The number of aromatic carboxylic acids is 2. The first kappa shape index (κ1) is 29.4. The molecular formula is C32H30O8S. The summed E-state index contributed by atoms with van der Waals surface area (Å²) in [5, 5.41) is 41.4. The largest absolute Gasteiger partial charge is 0.507 e. The number of phenols is 2. The molecule has 212 valence electrons. The fourth-order valence-electron chi connectivity index (χ4n) is 5.06. The van der Waals surface area contributed by atoms with Gasteiger partial charge in [0.05, 0.1) is 11.1 Å². The molecule has 0 saturated carbocycles. The highest BCUT2D eigenvalue weighted by Gasteiger charge is 2.34. The molecule has 0 aliphatic rings. The van der Waals surface area contributed by atoms with Crippen molar-refractivity contribution < 1.29 is 38.4 Å². The van der Waals surface area contributed by atoms with Crippen LogP contribution in [0.2, 0.25) is 0 Å². The summed E-state index contributed by atoms with van der Waals surface area (Å²) in [5.74, 6) is -4.11. The third-order valence-corrected chi connectivity index (χ3v) is 8.93. The van der Waals surface area contributed by atoms with Crippen LogP contribution in [0.1, 0.15) is 55.8 Å². The lowest BCUT2D eigenvalue weighted by Gasteiger charge is -2.19. The number of benzene rings is 4. The van der Waals surface area contributed by atoms with E-state index >= 15 is 0 Å². The summed E-state index contributed by atoms with van der Waals surface area (Å²) in [6, 6.07) is 23.0. The van der Waals surface area contributed by atoms with Gasteiger partial charge in [-0.3, -0.25) is 0 Å². The number of carbonyl (C=O) groups is 2. The van der Waals surface area contributed by atoms with E-state index in [1.165, 1.54) is 0 Å². The van der Waals surface area contributed by atoms with Gasteiger partial charge in [-0.2, -0.15) is 0 Å². The van der Waals surface area contributed by atoms with E-state index in [4.69, 9.17) is 0 Å². The zero-order valence-corrected chi connectivity index (χ0v) is 23.0. The molecule has 0 spiro atoms. The lowest BCUT2D eigenvalue weighted by atomic mass is 9.99. The van der Waals surface area contributed by atoms with Crippen LogP contribution in [-0.2, 0) is 35.5 Å². The summed E-state index contributed by atoms with van der Waals surface area (Å²) in [6.45, 7) is 0. The molecule has 0 aliphatic carbocycles. The smallest absolute Gasteiger partial charge is 0.336 e. The van der Waals surface area contributed by atoms with Crippen molar-refractivity contribution in [2.45, 2.75) is 48.3 Å². The molecule has 0 bridgehead atoms. The van der Waals surface area contributed by atoms with Gasteiger partial charge in [0, 0.05) is 0 Å². The van der Waals surface area contributed by atoms with Crippen molar-refractivity contribution in [1.29, 1.82) is 0 Å². The van der Waals surface area contributed by atoms with E-state index in [0.29, 0.717) is 25.7 Å². The Hall–Kier alpha value is -4.63. The van der Waals surface area contributed by atoms with Crippen LogP contribution in [-0.4, -0.2) is 40.8 Å². The van der Waals surface area contributed by atoms with Gasteiger partial charge in [-0.05, 0) is 85.0 Å². The minimum Gasteiger partial charge on any atom is -0.507 e. The van der Waals surface area contributed by atoms with Gasteiger partial charge in [-0.25, -0.2) is 18.0 Å². The van der Waals surface area contributed by atoms with Gasteiger partial charge in [0.15, 0.2) is 0 Å². The number of rotatable bonds is 12. The van der Waals surface area contributed by atoms with Crippen molar-refractivity contribution in [2.24, 2.45) is 0 Å². The van der Waals surface area contributed by atoms with E-state index in [-0.39, 0.29) is 35.1 Å². The normalized spacial score (nSPS) is 11.3. The Morgan fingerprint density at radius 1 is 0.537 bits per heavy atom. The van der Waals surface area contributed by atoms with E-state index in [0.717, 1.165) is 35.4 Å². The van der Waals surface area contributed by atoms with Crippen LogP contribution >= 0.6 is 0 Å². The SMILES string of the molecule is O=C(O)c1ccc(O)c(S(=O)(=O)c2c(O)ccc(C(=O)O)c2CCCc2ccccc2)c1CCCc1ccccc1. The average Bonchev–Trinajstić information content (AvgIpc) is 2.93. The van der Waals surface area contributed by atoms with Gasteiger partial charge in [0.2, 0.25) is 9.84 Å². The molecule has 0 heterocycles. The monoisotopic (exact) mass is 574 g/mol. The van der Waals surface area contributed by atoms with E-state index in [1.807, 2.05) is 60.7 Å². The van der Waals surface area contributed by atoms with Crippen molar-refractivity contribution in [2.75, 3.05) is 0 Å². The number of aryl methyl sites for hydroxylation is 2. The molecule has 0 unspecified atom stereocenters. The molecule has 41 heavy (non-hydrogen) atoms. The Bertz CT molecular complexity index is 1540. The first-order chi connectivity index (χ1) is 19.6. The number of hydrogen-bond acceptors (Lipinski definition) is 6. The van der Waals surface area contributed by atoms with Crippen molar-refractivity contribution >= 4 is 21.8 Å². The molecule has 0 saturated heterocycles. The van der Waals surface area contributed by atoms with Crippen LogP contribution in [0.25, 0.3) is 0 Å². The van der Waals surface area contributed by atoms with Gasteiger partial charge >= 0.3 is 11.9 Å². The van der Waals surface area contributed by atoms with Gasteiger partial charge in [-0.1, -0.05) is 60.7 Å². The topological polar surface area (TPSA) is 149 Å². The minimum absolute atomic E-state index is 0.00220. The second-order valence-electron chi connectivity index (χ2n) is 9.67. The van der Waals surface area contributed by atoms with Crippen LogP contribution in [0.15, 0.2) is 94.7 Å². The van der Waals surface area contributed by atoms with Crippen molar-refractivity contribution in [1.82, 2.24) is 0 Å². The third-order valence-electron chi connectivity index (χ3n) is 6.95. The van der Waals surface area contributed by atoms with Crippen molar-refractivity contribution in [3.63, 3.8) is 0 Å². The first-order valence-corrected chi connectivity index (χ1v) is 14.6. The van der Waals surface area contributed by atoms with Crippen LogP contribution < -0.4 is 0 Å². The second-order valence-corrected chi connectivity index (χ2v) is 11.5. The highest BCUT2D eigenvalue weighted by atomic mass is 32.2. The lowest BCUT2D eigenvalue weighted by Crippen LogP contribution is -2.16. The Balaban J connectivity index is 1.81. The van der Waals surface area contributed by atoms with Crippen molar-refractivity contribution in [3.8, 4) is 11.5 Å². The molecule has 0 fully saturated rings. The Labute approximate surface area is 238 Å². The molecule has 4 aromatic carbocycles. The number of hydrogen-bond donors (Lipinski definition) is 4. The van der Waals surface area contributed by atoms with E-state index in [1.54, 1.807) is 0 Å². The Morgan fingerprint density at radius 2 is 0.902 bits per heavy atom. The molecule has 4 N–H and O–H groups in total. The number of carboxylic acids is 2. The van der Waals surface area contributed by atoms with Crippen LogP contribution in [0.4, 0.5) is 0 Å². The highest BCUT2D eigenvalue weighted by molar-refractivity contribution is 7.91. The maximum atomic E-state index is 14.2. The number of phenolic OH excluding ortho intramolecular Hbond substituents is 2. The summed E-state index contributed by atoms with van der Waals surface area (Å²) in [5.41, 5.74) is 1.14. The summed E-state index contributed by atoms with van der Waals surface area (Å²) < 4.78 is 28.5. The van der Waals surface area contributed by atoms with Crippen LogP contribution in [0, 0.1) is 0 Å². The maximum absolute atomic E-state index is 14.2. The van der Waals surface area contributed by atoms with E-state index < -0.39 is 43.1 Å². The number of carboxylic acid groups (broad SMARTS) is 2. The number of aromatic hydroxyl groups is 2. The molecule has 4 rings (SSSR count). The zero-order chi connectivity index (χ0) is 29.6. The lowest BCUT2D eigenvalue weighted by molar-refractivity contribution is 0.0684. The van der Waals surface area contributed by atoms with Crippen LogP contribution in [0.5, 0.6) is 11.5 Å². The molecule has 0 aromatic heterocycles. The fraction of sp³-hybridized carbons (Fsp3) is 0.188. The Morgan fingerprint density at radius 3 is 1.24 bits per heavy atom. The first-order valence-electron chi connectivity index (χ1n) is 13.1. The zero-order valence-electron chi connectivity index (χ0n) is 22.2.